The van der Waals surface area contributed by atoms with Crippen molar-refractivity contribution in [2.75, 3.05) is 5.32 Å². The third-order valence-electron chi connectivity index (χ3n) is 2.99. The smallest absolute Gasteiger partial charge is 0.339 e. The molecule has 1 unspecified atom stereocenters. The average Bonchev–Trinajstić information content (AvgIpc) is 2.38. The zero-order chi connectivity index (χ0) is 14.7. The van der Waals surface area contributed by atoms with Crippen LogP contribution in [0.15, 0.2) is 41.0 Å². The largest absolute Gasteiger partial charge is 0.478 e. The van der Waals surface area contributed by atoms with E-state index in [0.717, 1.165) is 15.7 Å². The zero-order valence-corrected chi connectivity index (χ0v) is 12.8. The van der Waals surface area contributed by atoms with Gasteiger partial charge in [-0.3, -0.25) is 4.98 Å². The lowest BCUT2D eigenvalue weighted by molar-refractivity contribution is 0.0697. The molecule has 1 atom stereocenters. The summed E-state index contributed by atoms with van der Waals surface area (Å²) in [5.41, 5.74) is 2.61. The number of aromatic nitrogens is 1. The number of aryl methyl sites for hydroxylation is 1. The van der Waals surface area contributed by atoms with E-state index >= 15 is 0 Å². The molecule has 1 aromatic carbocycles. The predicted molar refractivity (Wildman–Crippen MR) is 82.1 cm³/mol. The number of aromatic carboxylic acids is 1. The highest BCUT2D eigenvalue weighted by atomic mass is 79.9. The van der Waals surface area contributed by atoms with Crippen LogP contribution in [0.4, 0.5) is 5.69 Å². The van der Waals surface area contributed by atoms with Gasteiger partial charge in [-0.1, -0.05) is 28.1 Å². The quantitative estimate of drug-likeness (QED) is 0.886. The Bertz CT molecular complexity index is 644. The summed E-state index contributed by atoms with van der Waals surface area (Å²) in [5, 5.41) is 12.4. The molecule has 2 N–H and O–H groups in total. The maximum Gasteiger partial charge on any atom is 0.339 e. The molecule has 0 saturated carbocycles. The van der Waals surface area contributed by atoms with Crippen LogP contribution in [0.5, 0.6) is 0 Å². The molecule has 0 saturated heterocycles. The van der Waals surface area contributed by atoms with Crippen molar-refractivity contribution in [3.63, 3.8) is 0 Å². The highest BCUT2D eigenvalue weighted by Gasteiger charge is 2.14. The lowest BCUT2D eigenvalue weighted by atomic mass is 10.1. The van der Waals surface area contributed by atoms with E-state index in [1.807, 2.05) is 38.1 Å². The van der Waals surface area contributed by atoms with E-state index in [0.29, 0.717) is 5.69 Å². The number of anilines is 1. The van der Waals surface area contributed by atoms with Crippen LogP contribution >= 0.6 is 15.9 Å². The van der Waals surface area contributed by atoms with Crippen molar-refractivity contribution in [2.24, 2.45) is 0 Å². The minimum absolute atomic E-state index is 0.00704. The SMILES string of the molecule is Cc1cc(NC(C)c2cccc(Br)c2)c(C(=O)O)cn1. The van der Waals surface area contributed by atoms with E-state index in [9.17, 15) is 9.90 Å². The van der Waals surface area contributed by atoms with Crippen LogP contribution in [0.2, 0.25) is 0 Å². The van der Waals surface area contributed by atoms with Gasteiger partial charge >= 0.3 is 5.97 Å². The van der Waals surface area contributed by atoms with E-state index in [2.05, 4.69) is 26.2 Å². The van der Waals surface area contributed by atoms with Gasteiger partial charge in [-0.05, 0) is 37.6 Å². The Morgan fingerprint density at radius 3 is 2.80 bits per heavy atom. The molecule has 1 heterocycles. The number of hydrogen-bond acceptors (Lipinski definition) is 3. The van der Waals surface area contributed by atoms with E-state index in [-0.39, 0.29) is 11.6 Å². The molecule has 0 aliphatic carbocycles. The fourth-order valence-electron chi connectivity index (χ4n) is 1.94. The number of benzene rings is 1. The standard InChI is InChI=1S/C15H15BrN2O2/c1-9-6-14(13(8-17-9)15(19)20)18-10(2)11-4-3-5-12(16)7-11/h3-8,10H,1-2H3,(H,17,18)(H,19,20). The maximum atomic E-state index is 11.2. The normalized spacial score (nSPS) is 11.9. The van der Waals surface area contributed by atoms with Gasteiger partial charge in [-0.2, -0.15) is 0 Å². The minimum atomic E-state index is -0.985. The molecule has 2 aromatic rings. The summed E-state index contributed by atoms with van der Waals surface area (Å²) in [6, 6.07) is 9.65. The molecule has 2 rings (SSSR count). The number of rotatable bonds is 4. The number of carboxylic acids is 1. The van der Waals surface area contributed by atoms with Gasteiger partial charge in [0.2, 0.25) is 0 Å². The van der Waals surface area contributed by atoms with Crippen LogP contribution in [0.3, 0.4) is 0 Å². The summed E-state index contributed by atoms with van der Waals surface area (Å²) in [6.45, 7) is 3.82. The van der Waals surface area contributed by atoms with Crippen LogP contribution in [-0.2, 0) is 0 Å². The zero-order valence-electron chi connectivity index (χ0n) is 11.2. The van der Waals surface area contributed by atoms with Gasteiger partial charge < -0.3 is 10.4 Å². The van der Waals surface area contributed by atoms with Gasteiger partial charge in [-0.15, -0.1) is 0 Å². The van der Waals surface area contributed by atoms with Crippen LogP contribution in [-0.4, -0.2) is 16.1 Å². The second-order valence-electron chi connectivity index (χ2n) is 4.60. The summed E-state index contributed by atoms with van der Waals surface area (Å²) < 4.78 is 0.994. The van der Waals surface area contributed by atoms with Crippen molar-refractivity contribution in [3.05, 3.63) is 57.8 Å². The van der Waals surface area contributed by atoms with Gasteiger partial charge in [-0.25, -0.2) is 4.79 Å². The molecule has 4 nitrogen and oxygen atoms in total. The molecular weight excluding hydrogens is 320 g/mol. The Morgan fingerprint density at radius 2 is 2.15 bits per heavy atom. The predicted octanol–water partition coefficient (Wildman–Crippen LogP) is 4.02. The summed E-state index contributed by atoms with van der Waals surface area (Å²) in [7, 11) is 0. The lowest BCUT2D eigenvalue weighted by Gasteiger charge is -2.17. The Hall–Kier alpha value is -1.88. The van der Waals surface area contributed by atoms with Gasteiger partial charge in [0.05, 0.1) is 5.69 Å². The van der Waals surface area contributed by atoms with E-state index in [4.69, 9.17) is 0 Å². The molecule has 20 heavy (non-hydrogen) atoms. The first-order chi connectivity index (χ1) is 9.47. The number of nitrogens with zero attached hydrogens (tertiary/aromatic N) is 1. The number of carboxylic acid groups (broad SMARTS) is 1. The number of hydrogen-bond donors (Lipinski definition) is 2. The summed E-state index contributed by atoms with van der Waals surface area (Å²) in [5.74, 6) is -0.985. The highest BCUT2D eigenvalue weighted by molar-refractivity contribution is 9.10. The molecule has 0 spiro atoms. The van der Waals surface area contributed by atoms with Crippen molar-refractivity contribution in [2.45, 2.75) is 19.9 Å². The first-order valence-electron chi connectivity index (χ1n) is 6.19. The molecule has 1 aromatic heterocycles. The second kappa shape index (κ2) is 6.05. The third-order valence-corrected chi connectivity index (χ3v) is 3.49. The van der Waals surface area contributed by atoms with Gasteiger partial charge in [0.15, 0.2) is 0 Å². The second-order valence-corrected chi connectivity index (χ2v) is 5.51. The van der Waals surface area contributed by atoms with Gasteiger partial charge in [0, 0.05) is 22.4 Å². The summed E-state index contributed by atoms with van der Waals surface area (Å²) >= 11 is 3.43. The van der Waals surface area contributed by atoms with Crippen molar-refractivity contribution in [3.8, 4) is 0 Å². The molecule has 0 aliphatic rings. The molecule has 0 aliphatic heterocycles. The van der Waals surface area contributed by atoms with E-state index < -0.39 is 5.97 Å². The van der Waals surface area contributed by atoms with Crippen LogP contribution in [0, 0.1) is 6.92 Å². The number of nitrogens with one attached hydrogen (secondary N) is 1. The molecule has 0 fully saturated rings. The van der Waals surface area contributed by atoms with Gasteiger partial charge in [0.1, 0.15) is 5.56 Å². The fourth-order valence-corrected chi connectivity index (χ4v) is 2.36. The first kappa shape index (κ1) is 14.5. The Kier molecular flexibility index (Phi) is 4.39. The van der Waals surface area contributed by atoms with E-state index in [1.54, 1.807) is 6.07 Å². The third kappa shape index (κ3) is 3.36. The lowest BCUT2D eigenvalue weighted by Crippen LogP contribution is -2.11. The highest BCUT2D eigenvalue weighted by Crippen LogP contribution is 2.24. The Morgan fingerprint density at radius 1 is 1.40 bits per heavy atom. The number of pyridine rings is 1. The van der Waals surface area contributed by atoms with Gasteiger partial charge in [0.25, 0.3) is 0 Å². The molecule has 0 amide bonds. The maximum absolute atomic E-state index is 11.2. The Labute approximate surface area is 126 Å². The first-order valence-corrected chi connectivity index (χ1v) is 6.98. The molecule has 104 valence electrons. The average molecular weight is 335 g/mol. The molecular formula is C15H15BrN2O2. The van der Waals surface area contributed by atoms with Crippen LogP contribution in [0.1, 0.15) is 34.6 Å². The monoisotopic (exact) mass is 334 g/mol. The van der Waals surface area contributed by atoms with Crippen LogP contribution < -0.4 is 5.32 Å². The minimum Gasteiger partial charge on any atom is -0.478 e. The number of carbonyl (C=O) groups is 1. The topological polar surface area (TPSA) is 62.2 Å². The van der Waals surface area contributed by atoms with Crippen molar-refractivity contribution >= 4 is 27.6 Å². The molecule has 0 bridgehead atoms. The Balaban J connectivity index is 2.29. The van der Waals surface area contributed by atoms with E-state index in [1.165, 1.54) is 6.20 Å². The number of halogens is 1. The van der Waals surface area contributed by atoms with Crippen molar-refractivity contribution < 1.29 is 9.90 Å². The van der Waals surface area contributed by atoms with Crippen LogP contribution in [0.25, 0.3) is 0 Å². The van der Waals surface area contributed by atoms with Crippen molar-refractivity contribution in [1.29, 1.82) is 0 Å². The molecule has 5 heteroatoms. The van der Waals surface area contributed by atoms with Crippen molar-refractivity contribution in [1.82, 2.24) is 4.98 Å². The summed E-state index contributed by atoms with van der Waals surface area (Å²) in [4.78, 5) is 15.2. The fraction of sp³-hybridized carbons (Fsp3) is 0.200. The summed E-state index contributed by atoms with van der Waals surface area (Å²) in [6.07, 6.45) is 1.38. The molecule has 0 radical (unpaired) electrons.